The van der Waals surface area contributed by atoms with Crippen molar-refractivity contribution in [3.05, 3.63) is 64.7 Å². The number of carbonyl (C=O) groups excluding carboxylic acids is 1. The van der Waals surface area contributed by atoms with Gasteiger partial charge in [-0.2, -0.15) is 0 Å². The number of benzene rings is 2. The van der Waals surface area contributed by atoms with Crippen LogP contribution in [0.25, 0.3) is 22.4 Å². The fourth-order valence-corrected chi connectivity index (χ4v) is 2.68. The predicted octanol–water partition coefficient (Wildman–Crippen LogP) is 4.28. The van der Waals surface area contributed by atoms with Crippen molar-refractivity contribution in [3.63, 3.8) is 0 Å². The first-order chi connectivity index (χ1) is 9.35. The minimum absolute atomic E-state index is 0.692. The number of carbonyl (C=O) groups is 1. The molecule has 0 N–H and O–H groups in total. The van der Waals surface area contributed by atoms with E-state index in [9.17, 15) is 4.79 Å². The summed E-state index contributed by atoms with van der Waals surface area (Å²) in [6.45, 7) is 0. The van der Waals surface area contributed by atoms with Gasteiger partial charge in [0.15, 0.2) is 0 Å². The van der Waals surface area contributed by atoms with E-state index in [1.807, 2.05) is 54.6 Å². The summed E-state index contributed by atoms with van der Waals surface area (Å²) < 4.78 is 1.19. The molecule has 19 heavy (non-hydrogen) atoms. The van der Waals surface area contributed by atoms with Crippen molar-refractivity contribution in [1.82, 2.24) is 4.98 Å². The second kappa shape index (κ2) is 5.16. The van der Waals surface area contributed by atoms with E-state index < -0.39 is 0 Å². The zero-order valence-electron chi connectivity index (χ0n) is 10.1. The summed E-state index contributed by atoms with van der Waals surface area (Å²) in [7, 11) is 0. The van der Waals surface area contributed by atoms with Crippen LogP contribution in [0.15, 0.2) is 48.5 Å². The number of nitrogens with zero attached hydrogens (tertiary/aromatic N) is 1. The van der Waals surface area contributed by atoms with Crippen LogP contribution in [-0.2, 0) is 0 Å². The molecule has 3 aromatic rings. The van der Waals surface area contributed by atoms with Gasteiger partial charge in [-0.25, -0.2) is 4.98 Å². The molecule has 0 aliphatic rings. The first kappa shape index (κ1) is 11.8. The van der Waals surface area contributed by atoms with Crippen molar-refractivity contribution in [2.24, 2.45) is 0 Å². The van der Waals surface area contributed by atoms with Crippen LogP contribution in [-0.4, -0.2) is 11.3 Å². The average Bonchev–Trinajstić information content (AvgIpc) is 2.88. The third-order valence-electron chi connectivity index (χ3n) is 2.80. The Kier molecular flexibility index (Phi) is 3.21. The maximum atomic E-state index is 10.6. The molecular formula is C16H11NOS. The van der Waals surface area contributed by atoms with E-state index in [-0.39, 0.29) is 0 Å². The van der Waals surface area contributed by atoms with Gasteiger partial charge < -0.3 is 0 Å². The molecule has 0 saturated carbocycles. The van der Waals surface area contributed by atoms with E-state index in [2.05, 4.69) is 11.1 Å². The van der Waals surface area contributed by atoms with Crippen molar-refractivity contribution in [3.8, 4) is 0 Å². The topological polar surface area (TPSA) is 30.0 Å². The van der Waals surface area contributed by atoms with Gasteiger partial charge in [-0.15, -0.1) is 11.3 Å². The van der Waals surface area contributed by atoms with E-state index in [0.717, 1.165) is 22.4 Å². The fourth-order valence-electron chi connectivity index (χ4n) is 1.81. The van der Waals surface area contributed by atoms with Crippen molar-refractivity contribution in [2.45, 2.75) is 0 Å². The van der Waals surface area contributed by atoms with Gasteiger partial charge in [-0.3, -0.25) is 4.79 Å². The number of rotatable bonds is 3. The summed E-state index contributed by atoms with van der Waals surface area (Å²) in [4.78, 5) is 15.1. The molecule has 0 amide bonds. The summed E-state index contributed by atoms with van der Waals surface area (Å²) in [5, 5.41) is 0.987. The predicted molar refractivity (Wildman–Crippen MR) is 80.4 cm³/mol. The first-order valence-electron chi connectivity index (χ1n) is 5.94. The van der Waals surface area contributed by atoms with Crippen LogP contribution in [0.4, 0.5) is 0 Å². The largest absolute Gasteiger partial charge is 0.298 e. The van der Waals surface area contributed by atoms with Crippen LogP contribution in [0.3, 0.4) is 0 Å². The lowest BCUT2D eigenvalue weighted by Crippen LogP contribution is -1.78. The lowest BCUT2D eigenvalue weighted by Gasteiger charge is -1.92. The number of hydrogen-bond acceptors (Lipinski definition) is 3. The molecule has 0 bridgehead atoms. The molecule has 0 aliphatic carbocycles. The second-order valence-electron chi connectivity index (χ2n) is 4.14. The Balaban J connectivity index is 1.86. The van der Waals surface area contributed by atoms with Crippen LogP contribution in [0.5, 0.6) is 0 Å². The number of para-hydroxylation sites is 1. The second-order valence-corrected chi connectivity index (χ2v) is 5.20. The summed E-state index contributed by atoms with van der Waals surface area (Å²) in [6, 6.07) is 15.6. The van der Waals surface area contributed by atoms with Crippen molar-refractivity contribution in [1.29, 1.82) is 0 Å². The Morgan fingerprint density at radius 1 is 0.895 bits per heavy atom. The highest BCUT2D eigenvalue weighted by atomic mass is 32.1. The van der Waals surface area contributed by atoms with Crippen molar-refractivity contribution in [2.75, 3.05) is 0 Å². The molecule has 0 unspecified atom stereocenters. The number of fused-ring (bicyclic) bond motifs is 1. The highest BCUT2D eigenvalue weighted by Gasteiger charge is 1.99. The Morgan fingerprint density at radius 3 is 2.37 bits per heavy atom. The third-order valence-corrected chi connectivity index (χ3v) is 3.80. The summed E-state index contributed by atoms with van der Waals surface area (Å²) >= 11 is 1.67. The molecule has 92 valence electrons. The van der Waals surface area contributed by atoms with Crippen LogP contribution >= 0.6 is 11.3 Å². The van der Waals surface area contributed by atoms with Gasteiger partial charge in [0.1, 0.15) is 11.3 Å². The summed E-state index contributed by atoms with van der Waals surface area (Å²) in [5.41, 5.74) is 2.78. The van der Waals surface area contributed by atoms with E-state index in [1.165, 1.54) is 4.70 Å². The first-order valence-corrected chi connectivity index (χ1v) is 6.76. The number of aromatic nitrogens is 1. The maximum Gasteiger partial charge on any atom is 0.150 e. The minimum atomic E-state index is 0.692. The summed E-state index contributed by atoms with van der Waals surface area (Å²) in [6.07, 6.45) is 4.86. The zero-order valence-corrected chi connectivity index (χ0v) is 10.9. The quantitative estimate of drug-likeness (QED) is 0.662. The van der Waals surface area contributed by atoms with Gasteiger partial charge in [0.2, 0.25) is 0 Å². The monoisotopic (exact) mass is 265 g/mol. The highest BCUT2D eigenvalue weighted by Crippen LogP contribution is 2.23. The fraction of sp³-hybridized carbons (Fsp3) is 0. The average molecular weight is 265 g/mol. The van der Waals surface area contributed by atoms with Crippen molar-refractivity contribution < 1.29 is 4.79 Å². The number of aldehydes is 1. The maximum absolute atomic E-state index is 10.6. The molecule has 0 radical (unpaired) electrons. The number of thiazole rings is 1. The van der Waals surface area contributed by atoms with Crippen LogP contribution < -0.4 is 0 Å². The normalized spacial score (nSPS) is 11.2. The SMILES string of the molecule is O=Cc1ccc(/C=C/c2nc3ccccc3s2)cc1. The molecule has 0 fully saturated rings. The van der Waals surface area contributed by atoms with E-state index >= 15 is 0 Å². The van der Waals surface area contributed by atoms with Gasteiger partial charge in [-0.05, 0) is 23.8 Å². The van der Waals surface area contributed by atoms with Crippen LogP contribution in [0.1, 0.15) is 20.9 Å². The lowest BCUT2D eigenvalue weighted by molar-refractivity contribution is 0.112. The molecule has 0 aliphatic heterocycles. The molecular weight excluding hydrogens is 254 g/mol. The molecule has 0 atom stereocenters. The van der Waals surface area contributed by atoms with E-state index in [1.54, 1.807) is 11.3 Å². The lowest BCUT2D eigenvalue weighted by atomic mass is 10.1. The van der Waals surface area contributed by atoms with Gasteiger partial charge in [0, 0.05) is 5.56 Å². The zero-order chi connectivity index (χ0) is 13.1. The molecule has 1 aromatic heterocycles. The van der Waals surface area contributed by atoms with E-state index in [0.29, 0.717) is 5.56 Å². The highest BCUT2D eigenvalue weighted by molar-refractivity contribution is 7.19. The number of hydrogen-bond donors (Lipinski definition) is 0. The van der Waals surface area contributed by atoms with Gasteiger partial charge in [0.05, 0.1) is 10.2 Å². The van der Waals surface area contributed by atoms with Gasteiger partial charge >= 0.3 is 0 Å². The standard InChI is InChI=1S/C16H11NOS/c18-11-13-7-5-12(6-8-13)9-10-16-17-14-3-1-2-4-15(14)19-16/h1-11H/b10-9+. The summed E-state index contributed by atoms with van der Waals surface area (Å²) in [5.74, 6) is 0. The van der Waals surface area contributed by atoms with Crippen LogP contribution in [0.2, 0.25) is 0 Å². The van der Waals surface area contributed by atoms with Gasteiger partial charge in [-0.1, -0.05) is 42.5 Å². The molecule has 3 heteroatoms. The minimum Gasteiger partial charge on any atom is -0.298 e. The van der Waals surface area contributed by atoms with Crippen molar-refractivity contribution >= 4 is 40.0 Å². The Morgan fingerprint density at radius 2 is 1.63 bits per heavy atom. The molecule has 0 spiro atoms. The molecule has 2 nitrogen and oxygen atoms in total. The Labute approximate surface area is 115 Å². The Hall–Kier alpha value is -2.26. The van der Waals surface area contributed by atoms with Gasteiger partial charge in [0.25, 0.3) is 0 Å². The molecule has 2 aromatic carbocycles. The molecule has 1 heterocycles. The van der Waals surface area contributed by atoms with E-state index in [4.69, 9.17) is 0 Å². The molecule has 3 rings (SSSR count). The smallest absolute Gasteiger partial charge is 0.150 e. The Bertz CT molecular complexity index is 708. The molecule has 0 saturated heterocycles. The van der Waals surface area contributed by atoms with Crippen LogP contribution in [0, 0.1) is 0 Å². The third kappa shape index (κ3) is 2.61.